The van der Waals surface area contributed by atoms with E-state index in [4.69, 9.17) is 27.9 Å². The average Bonchev–Trinajstić information content (AvgIpc) is 3.51. The van der Waals surface area contributed by atoms with E-state index in [1.165, 1.54) is 36.3 Å². The Morgan fingerprint density at radius 1 is 0.904 bits per heavy atom. The molecular weight excluding hydrogens is 708 g/mol. The Morgan fingerprint density at radius 3 is 2.33 bits per heavy atom. The van der Waals surface area contributed by atoms with Crippen LogP contribution < -0.4 is 15.1 Å². The van der Waals surface area contributed by atoms with Gasteiger partial charge < -0.3 is 9.84 Å². The van der Waals surface area contributed by atoms with Crippen LogP contribution >= 0.6 is 23.2 Å². The number of hydrazine groups is 1. The molecule has 2 heterocycles. The first kappa shape index (κ1) is 33.9. The molecule has 264 valence electrons. The third-order valence-corrected chi connectivity index (χ3v) is 11.9. The Morgan fingerprint density at radius 2 is 1.63 bits per heavy atom. The number of imide groups is 2. The summed E-state index contributed by atoms with van der Waals surface area (Å²) in [6.45, 7) is 1.83. The second kappa shape index (κ2) is 12.5. The molecule has 4 aromatic carbocycles. The fourth-order valence-electron chi connectivity index (χ4n) is 8.91. The standard InChI is InChI=1S/C40H32Cl2FN3O6/c1-20-6-15-25(18-31(20)42)45-36(48)27-17-16-26-29(33(27)38(45)50)19-30-37(49)46(44-24-13-11-23(43)12-14-24)39(51)40(30,21-7-9-22(41)10-8-21)34(26)28-4-3-5-32(52-2)35(28)47/h3-16,18,27,29-30,33-34,44,47H,17,19H2,1-2H3/t27-,29+,30-,33-,34+,40+/m0/s1. The Kier molecular flexibility index (Phi) is 8.15. The maximum absolute atomic E-state index is 15.2. The smallest absolute Gasteiger partial charge is 0.260 e. The number of nitrogens with one attached hydrogen (secondary N) is 1. The molecule has 3 fully saturated rings. The van der Waals surface area contributed by atoms with E-state index in [9.17, 15) is 23.9 Å². The molecule has 9 nitrogen and oxygen atoms in total. The number of rotatable bonds is 6. The lowest BCUT2D eigenvalue weighted by atomic mass is 9.49. The lowest BCUT2D eigenvalue weighted by Crippen LogP contribution is -2.53. The minimum atomic E-state index is -1.65. The number of amides is 4. The largest absolute Gasteiger partial charge is 0.504 e. The summed E-state index contributed by atoms with van der Waals surface area (Å²) in [6.07, 6.45) is 2.14. The van der Waals surface area contributed by atoms with E-state index in [-0.39, 0.29) is 30.2 Å². The maximum Gasteiger partial charge on any atom is 0.260 e. The van der Waals surface area contributed by atoms with Crippen molar-refractivity contribution < 1.29 is 33.4 Å². The van der Waals surface area contributed by atoms with Gasteiger partial charge >= 0.3 is 0 Å². The van der Waals surface area contributed by atoms with Gasteiger partial charge in [0.15, 0.2) is 11.5 Å². The highest BCUT2D eigenvalue weighted by Crippen LogP contribution is 2.65. The first-order valence-electron chi connectivity index (χ1n) is 16.8. The molecule has 52 heavy (non-hydrogen) atoms. The second-order valence-corrected chi connectivity index (χ2v) is 14.6. The van der Waals surface area contributed by atoms with Gasteiger partial charge in [0, 0.05) is 21.5 Å². The van der Waals surface area contributed by atoms with Gasteiger partial charge in [0.2, 0.25) is 11.8 Å². The first-order chi connectivity index (χ1) is 25.0. The third-order valence-electron chi connectivity index (χ3n) is 11.2. The number of hydrogen-bond donors (Lipinski definition) is 2. The number of carbonyl (C=O) groups excluding carboxylic acids is 4. The number of aromatic hydroxyl groups is 1. The summed E-state index contributed by atoms with van der Waals surface area (Å²) in [5.41, 5.74) is 4.16. The summed E-state index contributed by atoms with van der Waals surface area (Å²) >= 11 is 12.8. The van der Waals surface area contributed by atoms with E-state index in [1.54, 1.807) is 60.7 Å². The molecule has 4 aromatic rings. The summed E-state index contributed by atoms with van der Waals surface area (Å²) in [5.74, 6) is -6.82. The summed E-state index contributed by atoms with van der Waals surface area (Å²) in [7, 11) is 1.41. The first-order valence-corrected chi connectivity index (χ1v) is 17.6. The highest BCUT2D eigenvalue weighted by atomic mass is 35.5. The molecule has 0 bridgehead atoms. The molecule has 0 radical (unpaired) electrons. The van der Waals surface area contributed by atoms with Gasteiger partial charge in [-0.15, -0.1) is 0 Å². The highest BCUT2D eigenvalue weighted by Gasteiger charge is 2.70. The predicted octanol–water partition coefficient (Wildman–Crippen LogP) is 7.34. The molecule has 0 unspecified atom stereocenters. The maximum atomic E-state index is 15.2. The van der Waals surface area contributed by atoms with Crippen LogP contribution in [0.4, 0.5) is 15.8 Å². The zero-order valence-electron chi connectivity index (χ0n) is 28.0. The molecule has 6 atom stereocenters. The molecule has 1 saturated carbocycles. The van der Waals surface area contributed by atoms with E-state index < -0.39 is 58.5 Å². The number of fused-ring (bicyclic) bond motifs is 4. The van der Waals surface area contributed by atoms with E-state index in [1.807, 2.05) is 13.0 Å². The van der Waals surface area contributed by atoms with E-state index >= 15 is 4.79 Å². The van der Waals surface area contributed by atoms with Gasteiger partial charge in [0.1, 0.15) is 5.82 Å². The van der Waals surface area contributed by atoms with Gasteiger partial charge in [-0.25, -0.2) is 9.29 Å². The summed E-state index contributed by atoms with van der Waals surface area (Å²) in [5, 5.41) is 13.6. The summed E-state index contributed by atoms with van der Waals surface area (Å²) < 4.78 is 19.4. The molecule has 2 aliphatic carbocycles. The average molecular weight is 741 g/mol. The Labute approximate surface area is 308 Å². The molecule has 4 aliphatic rings. The number of nitrogens with zero attached hydrogens (tertiary/aromatic N) is 2. The van der Waals surface area contributed by atoms with Crippen LogP contribution in [0.3, 0.4) is 0 Å². The second-order valence-electron chi connectivity index (χ2n) is 13.7. The zero-order valence-corrected chi connectivity index (χ0v) is 29.5. The van der Waals surface area contributed by atoms with Gasteiger partial charge in [-0.2, -0.15) is 5.01 Å². The predicted molar refractivity (Wildman–Crippen MR) is 192 cm³/mol. The Bertz CT molecular complexity index is 2210. The molecular formula is C40H32Cl2FN3O6. The van der Waals surface area contributed by atoms with Gasteiger partial charge in [0.25, 0.3) is 11.8 Å². The van der Waals surface area contributed by atoms with Crippen molar-refractivity contribution in [2.45, 2.75) is 31.1 Å². The monoisotopic (exact) mass is 739 g/mol. The van der Waals surface area contributed by atoms with Crippen molar-refractivity contribution in [1.29, 1.82) is 0 Å². The number of hydrogen-bond acceptors (Lipinski definition) is 7. The molecule has 0 spiro atoms. The van der Waals surface area contributed by atoms with Crippen molar-refractivity contribution in [2.24, 2.45) is 23.7 Å². The van der Waals surface area contributed by atoms with E-state index in [0.717, 1.165) is 10.6 Å². The lowest BCUT2D eigenvalue weighted by molar-refractivity contribution is -0.138. The number of anilines is 2. The molecule has 2 aliphatic heterocycles. The van der Waals surface area contributed by atoms with Gasteiger partial charge in [0.05, 0.1) is 41.7 Å². The Balaban J connectivity index is 1.34. The van der Waals surface area contributed by atoms with Crippen LogP contribution in [0.2, 0.25) is 10.0 Å². The van der Waals surface area contributed by atoms with Crippen molar-refractivity contribution in [3.63, 3.8) is 0 Å². The van der Waals surface area contributed by atoms with Crippen molar-refractivity contribution in [2.75, 3.05) is 17.4 Å². The number of methoxy groups -OCH3 is 1. The van der Waals surface area contributed by atoms with Crippen LogP contribution in [0.15, 0.2) is 96.6 Å². The van der Waals surface area contributed by atoms with E-state index in [2.05, 4.69) is 5.43 Å². The minimum absolute atomic E-state index is 0.0462. The molecule has 4 amide bonds. The zero-order chi connectivity index (χ0) is 36.6. The van der Waals surface area contributed by atoms with Crippen LogP contribution in [0.1, 0.15) is 35.4 Å². The van der Waals surface area contributed by atoms with Crippen molar-refractivity contribution in [3.05, 3.63) is 129 Å². The van der Waals surface area contributed by atoms with E-state index in [0.29, 0.717) is 38.1 Å². The number of aryl methyl sites for hydroxylation is 1. The lowest BCUT2D eigenvalue weighted by Gasteiger charge is -2.50. The van der Waals surface area contributed by atoms with Crippen molar-refractivity contribution in [1.82, 2.24) is 5.01 Å². The molecule has 2 saturated heterocycles. The fourth-order valence-corrected chi connectivity index (χ4v) is 9.21. The normalized spacial score (nSPS) is 26.6. The van der Waals surface area contributed by atoms with Gasteiger partial charge in [-0.05, 0) is 91.4 Å². The van der Waals surface area contributed by atoms with Gasteiger partial charge in [-0.3, -0.25) is 24.6 Å². The van der Waals surface area contributed by atoms with Crippen molar-refractivity contribution >= 4 is 58.2 Å². The molecule has 8 rings (SSSR count). The van der Waals surface area contributed by atoms with Crippen molar-refractivity contribution in [3.8, 4) is 11.5 Å². The SMILES string of the molecule is COc1cccc([C@H]2C3=CC[C@@H]4C(=O)N(c5ccc(C)c(Cl)c5)C(=O)[C@@H]4[C@@H]3C[C@H]3C(=O)N(Nc4ccc(F)cc4)C(=O)[C@@]23c2ccc(Cl)cc2)c1O. The third kappa shape index (κ3) is 4.88. The number of carbonyl (C=O) groups is 4. The van der Waals surface area contributed by atoms with Crippen LogP contribution in [0.25, 0.3) is 0 Å². The molecule has 2 N–H and O–H groups in total. The van der Waals surface area contributed by atoms with Crippen LogP contribution in [0, 0.1) is 36.4 Å². The topological polar surface area (TPSA) is 116 Å². The molecule has 0 aromatic heterocycles. The quantitative estimate of drug-likeness (QED) is 0.157. The number of phenols is 1. The number of ether oxygens (including phenoxy) is 1. The number of phenolic OH excluding ortho intramolecular Hbond substituents is 1. The number of halogens is 3. The van der Waals surface area contributed by atoms with Gasteiger partial charge in [-0.1, -0.05) is 65.2 Å². The number of benzene rings is 4. The van der Waals surface area contributed by atoms with Crippen LogP contribution in [0.5, 0.6) is 11.5 Å². The summed E-state index contributed by atoms with van der Waals surface area (Å²) in [6, 6.07) is 21.9. The minimum Gasteiger partial charge on any atom is -0.504 e. The molecule has 12 heteroatoms. The summed E-state index contributed by atoms with van der Waals surface area (Å²) in [4.78, 5) is 59.8. The van der Waals surface area contributed by atoms with Crippen LogP contribution in [-0.2, 0) is 24.6 Å². The highest BCUT2D eigenvalue weighted by molar-refractivity contribution is 6.32. The number of allylic oxidation sites excluding steroid dienone is 2. The Hall–Kier alpha value is -5.19. The van der Waals surface area contributed by atoms with Crippen LogP contribution in [-0.4, -0.2) is 40.9 Å². The number of para-hydroxylation sites is 1. The fraction of sp³-hybridized carbons (Fsp3) is 0.250.